The molecule has 0 aliphatic carbocycles. The first-order chi connectivity index (χ1) is 7.84. The largest absolute Gasteiger partial charge is 0.326 e. The summed E-state index contributed by atoms with van der Waals surface area (Å²) in [5.41, 5.74) is 3.76. The molecule has 0 radical (unpaired) electrons. The van der Waals surface area contributed by atoms with Gasteiger partial charge in [0.1, 0.15) is 6.33 Å². The molecule has 2 aromatic rings. The predicted octanol–water partition coefficient (Wildman–Crippen LogP) is 1.64. The molecule has 1 aromatic carbocycles. The van der Waals surface area contributed by atoms with Crippen LogP contribution in [0, 0.1) is 0 Å². The second-order valence-corrected chi connectivity index (χ2v) is 3.65. The van der Waals surface area contributed by atoms with Crippen molar-refractivity contribution in [3.8, 4) is 11.3 Å². The fraction of sp³-hybridized carbons (Fsp3) is 0.0833. The van der Waals surface area contributed by atoms with Crippen LogP contribution in [0.5, 0.6) is 0 Å². The van der Waals surface area contributed by atoms with Crippen molar-refractivity contribution in [3.05, 3.63) is 42.4 Å². The lowest BCUT2D eigenvalue weighted by atomic mass is 10.0. The second-order valence-electron chi connectivity index (χ2n) is 3.65. The number of nitrogens with one attached hydrogen (secondary N) is 1. The topological polar surface area (TPSA) is 54.9 Å². The molecule has 1 aliphatic rings. The van der Waals surface area contributed by atoms with Crippen LogP contribution in [0.25, 0.3) is 11.3 Å². The molecule has 1 amide bonds. The minimum absolute atomic E-state index is 0.0384. The van der Waals surface area contributed by atoms with Crippen LogP contribution >= 0.6 is 0 Å². The molecular weight excluding hydrogens is 202 g/mol. The zero-order chi connectivity index (χ0) is 11.0. The van der Waals surface area contributed by atoms with E-state index in [2.05, 4.69) is 15.3 Å². The van der Waals surface area contributed by atoms with E-state index in [9.17, 15) is 4.79 Å². The summed E-state index contributed by atoms with van der Waals surface area (Å²) in [6, 6.07) is 7.65. The van der Waals surface area contributed by atoms with E-state index in [4.69, 9.17) is 0 Å². The average molecular weight is 211 g/mol. The number of anilines is 1. The van der Waals surface area contributed by atoms with Gasteiger partial charge in [-0.1, -0.05) is 12.1 Å². The van der Waals surface area contributed by atoms with Gasteiger partial charge in [-0.2, -0.15) is 0 Å². The lowest BCUT2D eigenvalue weighted by Gasteiger charge is -2.05. The molecule has 0 saturated heterocycles. The highest BCUT2D eigenvalue weighted by Gasteiger charge is 2.21. The third kappa shape index (κ3) is 1.35. The number of nitrogens with zero attached hydrogens (tertiary/aromatic N) is 2. The van der Waals surface area contributed by atoms with E-state index < -0.39 is 0 Å². The number of carbonyl (C=O) groups is 1. The maximum absolute atomic E-state index is 11.3. The number of amides is 1. The Morgan fingerprint density at radius 1 is 1.25 bits per heavy atom. The van der Waals surface area contributed by atoms with Gasteiger partial charge in [-0.25, -0.2) is 9.97 Å². The summed E-state index contributed by atoms with van der Waals surface area (Å²) >= 11 is 0. The molecule has 4 heteroatoms. The van der Waals surface area contributed by atoms with Crippen molar-refractivity contribution in [2.24, 2.45) is 0 Å². The summed E-state index contributed by atoms with van der Waals surface area (Å²) in [5.74, 6) is 0.0384. The average Bonchev–Trinajstić information content (AvgIpc) is 2.70. The molecular formula is C12H9N3O. The van der Waals surface area contributed by atoms with Gasteiger partial charge >= 0.3 is 0 Å². The lowest BCUT2D eigenvalue weighted by Crippen LogP contribution is -2.03. The second kappa shape index (κ2) is 3.41. The van der Waals surface area contributed by atoms with Gasteiger partial charge in [0.25, 0.3) is 0 Å². The zero-order valence-electron chi connectivity index (χ0n) is 8.47. The fourth-order valence-electron chi connectivity index (χ4n) is 1.94. The van der Waals surface area contributed by atoms with Crippen molar-refractivity contribution in [3.63, 3.8) is 0 Å². The summed E-state index contributed by atoms with van der Waals surface area (Å²) < 4.78 is 0. The van der Waals surface area contributed by atoms with Crippen molar-refractivity contribution < 1.29 is 4.79 Å². The lowest BCUT2D eigenvalue weighted by molar-refractivity contribution is -0.115. The van der Waals surface area contributed by atoms with E-state index in [0.29, 0.717) is 6.42 Å². The van der Waals surface area contributed by atoms with Gasteiger partial charge in [-0.3, -0.25) is 4.79 Å². The maximum atomic E-state index is 11.3. The van der Waals surface area contributed by atoms with E-state index in [1.165, 1.54) is 6.33 Å². The summed E-state index contributed by atoms with van der Waals surface area (Å²) in [7, 11) is 0. The Hall–Kier alpha value is -2.23. The molecule has 1 N–H and O–H groups in total. The van der Waals surface area contributed by atoms with E-state index in [0.717, 1.165) is 22.5 Å². The van der Waals surface area contributed by atoms with Gasteiger partial charge in [0.15, 0.2) is 0 Å². The molecule has 0 bridgehead atoms. The first-order valence-electron chi connectivity index (χ1n) is 5.03. The van der Waals surface area contributed by atoms with Crippen molar-refractivity contribution in [1.82, 2.24) is 9.97 Å². The number of hydrogen-bond donors (Lipinski definition) is 1. The van der Waals surface area contributed by atoms with Gasteiger partial charge in [-0.05, 0) is 17.7 Å². The van der Waals surface area contributed by atoms with Crippen molar-refractivity contribution >= 4 is 11.6 Å². The molecule has 16 heavy (non-hydrogen) atoms. The third-order valence-corrected chi connectivity index (χ3v) is 2.65. The summed E-state index contributed by atoms with van der Waals surface area (Å²) in [5, 5.41) is 2.83. The molecule has 0 saturated carbocycles. The number of benzene rings is 1. The zero-order valence-corrected chi connectivity index (χ0v) is 8.47. The van der Waals surface area contributed by atoms with Crippen molar-refractivity contribution in [2.45, 2.75) is 6.42 Å². The summed E-state index contributed by atoms with van der Waals surface area (Å²) in [4.78, 5) is 19.4. The van der Waals surface area contributed by atoms with Crippen molar-refractivity contribution in [1.29, 1.82) is 0 Å². The minimum atomic E-state index is 0.0384. The Morgan fingerprint density at radius 3 is 3.00 bits per heavy atom. The minimum Gasteiger partial charge on any atom is -0.326 e. The molecule has 78 valence electrons. The van der Waals surface area contributed by atoms with Crippen LogP contribution in [0.2, 0.25) is 0 Å². The van der Waals surface area contributed by atoms with Crippen LogP contribution in [0.15, 0.2) is 36.8 Å². The van der Waals surface area contributed by atoms with E-state index >= 15 is 0 Å². The number of fused-ring (bicyclic) bond motifs is 1. The van der Waals surface area contributed by atoms with Gasteiger partial charge in [0.05, 0.1) is 12.1 Å². The van der Waals surface area contributed by atoms with Crippen molar-refractivity contribution in [2.75, 3.05) is 5.32 Å². The predicted molar refractivity (Wildman–Crippen MR) is 59.8 cm³/mol. The SMILES string of the molecule is O=C1Cc2c(cccc2-c2ccncn2)N1. The van der Waals surface area contributed by atoms with Gasteiger partial charge in [0, 0.05) is 17.4 Å². The standard InChI is InChI=1S/C12H9N3O/c16-12-6-9-8(2-1-3-11(9)15-12)10-4-5-13-7-14-10/h1-5,7H,6H2,(H,15,16). The highest BCUT2D eigenvalue weighted by molar-refractivity contribution is 6.01. The molecule has 0 atom stereocenters. The molecule has 4 nitrogen and oxygen atoms in total. The highest BCUT2D eigenvalue weighted by atomic mass is 16.1. The molecule has 0 fully saturated rings. The molecule has 0 unspecified atom stereocenters. The van der Waals surface area contributed by atoms with Gasteiger partial charge in [0.2, 0.25) is 5.91 Å². The molecule has 3 rings (SSSR count). The monoisotopic (exact) mass is 211 g/mol. The van der Waals surface area contributed by atoms with Crippen LogP contribution in [0.3, 0.4) is 0 Å². The quantitative estimate of drug-likeness (QED) is 0.780. The van der Waals surface area contributed by atoms with Gasteiger partial charge < -0.3 is 5.32 Å². The number of rotatable bonds is 1. The normalized spacial score (nSPS) is 13.4. The van der Waals surface area contributed by atoms with Crippen LogP contribution in [0.4, 0.5) is 5.69 Å². The number of aromatic nitrogens is 2. The van der Waals surface area contributed by atoms with E-state index in [-0.39, 0.29) is 5.91 Å². The van der Waals surface area contributed by atoms with E-state index in [1.807, 2.05) is 24.3 Å². The Balaban J connectivity index is 2.17. The first kappa shape index (κ1) is 9.03. The Labute approximate surface area is 92.4 Å². The molecule has 1 aromatic heterocycles. The van der Waals surface area contributed by atoms with Crippen LogP contribution < -0.4 is 5.32 Å². The fourth-order valence-corrected chi connectivity index (χ4v) is 1.94. The highest BCUT2D eigenvalue weighted by Crippen LogP contribution is 2.31. The number of hydrogen-bond acceptors (Lipinski definition) is 3. The van der Waals surface area contributed by atoms with Crippen LogP contribution in [-0.2, 0) is 11.2 Å². The van der Waals surface area contributed by atoms with Crippen LogP contribution in [-0.4, -0.2) is 15.9 Å². The van der Waals surface area contributed by atoms with Gasteiger partial charge in [-0.15, -0.1) is 0 Å². The molecule has 0 spiro atoms. The third-order valence-electron chi connectivity index (χ3n) is 2.65. The summed E-state index contributed by atoms with van der Waals surface area (Å²) in [6.07, 6.45) is 3.64. The Kier molecular flexibility index (Phi) is 1.93. The Bertz CT molecular complexity index is 551. The maximum Gasteiger partial charge on any atom is 0.228 e. The van der Waals surface area contributed by atoms with Crippen LogP contribution in [0.1, 0.15) is 5.56 Å². The number of carbonyl (C=O) groups excluding carboxylic acids is 1. The van der Waals surface area contributed by atoms with E-state index in [1.54, 1.807) is 6.20 Å². The molecule has 1 aliphatic heterocycles. The first-order valence-corrected chi connectivity index (χ1v) is 5.03. The smallest absolute Gasteiger partial charge is 0.228 e. The summed E-state index contributed by atoms with van der Waals surface area (Å²) in [6.45, 7) is 0. The Morgan fingerprint density at radius 2 is 2.19 bits per heavy atom. The molecule has 2 heterocycles.